The van der Waals surface area contributed by atoms with Gasteiger partial charge in [-0.2, -0.15) is 0 Å². The molecule has 3 atom stereocenters. The molecule has 1 aromatic rings. The number of sulfone groups is 1. The summed E-state index contributed by atoms with van der Waals surface area (Å²) in [6.07, 6.45) is -0.883. The van der Waals surface area contributed by atoms with Gasteiger partial charge in [0.2, 0.25) is 5.91 Å². The summed E-state index contributed by atoms with van der Waals surface area (Å²) in [5.41, 5.74) is 0.617. The minimum absolute atomic E-state index is 0.0253. The number of carbonyl (C=O) groups is 3. The maximum Gasteiger partial charge on any atom is 0.310 e. The fourth-order valence-electron chi connectivity index (χ4n) is 3.73. The minimum atomic E-state index is -3.36. The molecule has 2 heterocycles. The summed E-state index contributed by atoms with van der Waals surface area (Å²) in [6.45, 7) is 7.23. The van der Waals surface area contributed by atoms with E-state index in [1.54, 1.807) is 31.2 Å². The highest BCUT2D eigenvalue weighted by Crippen LogP contribution is 2.38. The van der Waals surface area contributed by atoms with Crippen LogP contribution in [0.4, 0.5) is 0 Å². The Hall–Kier alpha value is -2.22. The van der Waals surface area contributed by atoms with Gasteiger partial charge >= 0.3 is 5.97 Å². The van der Waals surface area contributed by atoms with Crippen molar-refractivity contribution in [2.75, 3.05) is 12.3 Å². The van der Waals surface area contributed by atoms with Crippen LogP contribution in [-0.4, -0.2) is 54.8 Å². The first-order valence-corrected chi connectivity index (χ1v) is 11.0. The molecule has 1 amide bonds. The Morgan fingerprint density at radius 1 is 1.29 bits per heavy atom. The zero-order chi connectivity index (χ0) is 20.9. The van der Waals surface area contributed by atoms with Crippen LogP contribution in [0.5, 0.6) is 0 Å². The number of Topliss-reactive ketones (excluding diaryl/α,β-unsaturated/α-hetero) is 1. The van der Waals surface area contributed by atoms with E-state index < -0.39 is 38.6 Å². The van der Waals surface area contributed by atoms with Crippen LogP contribution in [0.3, 0.4) is 0 Å². The van der Waals surface area contributed by atoms with E-state index in [2.05, 4.69) is 0 Å². The van der Waals surface area contributed by atoms with Crippen molar-refractivity contribution >= 4 is 27.5 Å². The van der Waals surface area contributed by atoms with Gasteiger partial charge in [0, 0.05) is 17.5 Å². The second-order valence-corrected chi connectivity index (χ2v) is 10.7. The molecule has 1 unspecified atom stereocenters. The standard InChI is InChI=1S/C20H25NO6S/c1-12(16-18(24)21-8-9-28(25,26)19(16)21)27-15(22)11-13-6-5-7-14(10-13)17(23)20(2,3)4/h5-7,10,12,16,19H,8-9,11H2,1-4H3/t12?,16-,19-/m0/s1. The van der Waals surface area contributed by atoms with Gasteiger partial charge < -0.3 is 9.64 Å². The van der Waals surface area contributed by atoms with E-state index in [0.29, 0.717) is 11.1 Å². The largest absolute Gasteiger partial charge is 0.461 e. The molecular formula is C20H25NO6S. The lowest BCUT2D eigenvalue weighted by Gasteiger charge is -2.43. The predicted molar refractivity (Wildman–Crippen MR) is 102 cm³/mol. The summed E-state index contributed by atoms with van der Waals surface area (Å²) in [6, 6.07) is 6.81. The van der Waals surface area contributed by atoms with Crippen LogP contribution in [0.25, 0.3) is 0 Å². The van der Waals surface area contributed by atoms with Crippen molar-refractivity contribution in [3.05, 3.63) is 35.4 Å². The summed E-state index contributed by atoms with van der Waals surface area (Å²) < 4.78 is 29.5. The third-order valence-electron chi connectivity index (χ3n) is 5.21. The zero-order valence-corrected chi connectivity index (χ0v) is 17.3. The number of hydrogen-bond acceptors (Lipinski definition) is 6. The fourth-order valence-corrected chi connectivity index (χ4v) is 5.80. The molecule has 2 aliphatic heterocycles. The molecule has 0 radical (unpaired) electrons. The molecule has 2 aliphatic rings. The molecular weight excluding hydrogens is 382 g/mol. The van der Waals surface area contributed by atoms with E-state index in [1.165, 1.54) is 4.90 Å². The Balaban J connectivity index is 1.65. The first kappa shape index (κ1) is 20.5. The molecule has 2 fully saturated rings. The predicted octanol–water partition coefficient (Wildman–Crippen LogP) is 1.60. The highest BCUT2D eigenvalue weighted by atomic mass is 32.2. The monoisotopic (exact) mass is 407 g/mol. The molecule has 0 aliphatic carbocycles. The molecule has 0 N–H and O–H groups in total. The van der Waals surface area contributed by atoms with Gasteiger partial charge in [0.25, 0.3) is 0 Å². The fraction of sp³-hybridized carbons (Fsp3) is 0.550. The summed E-state index contributed by atoms with van der Waals surface area (Å²) in [4.78, 5) is 38.2. The molecule has 152 valence electrons. The van der Waals surface area contributed by atoms with E-state index in [-0.39, 0.29) is 30.4 Å². The number of esters is 1. The third kappa shape index (κ3) is 3.70. The van der Waals surface area contributed by atoms with Crippen molar-refractivity contribution in [3.63, 3.8) is 0 Å². The third-order valence-corrected chi connectivity index (χ3v) is 7.24. The van der Waals surface area contributed by atoms with Crippen molar-refractivity contribution in [1.82, 2.24) is 4.90 Å². The van der Waals surface area contributed by atoms with Gasteiger partial charge in [0.1, 0.15) is 17.4 Å². The first-order chi connectivity index (χ1) is 12.9. The maximum absolute atomic E-state index is 12.4. The lowest BCUT2D eigenvalue weighted by Crippen LogP contribution is -2.63. The number of carbonyl (C=O) groups excluding carboxylic acids is 3. The number of fused-ring (bicyclic) bond motifs is 1. The van der Waals surface area contributed by atoms with Crippen LogP contribution < -0.4 is 0 Å². The van der Waals surface area contributed by atoms with Crippen molar-refractivity contribution in [2.24, 2.45) is 11.3 Å². The minimum Gasteiger partial charge on any atom is -0.461 e. The Bertz CT molecular complexity index is 930. The quantitative estimate of drug-likeness (QED) is 0.418. The average Bonchev–Trinajstić information content (AvgIpc) is 2.84. The Labute approximate surface area is 165 Å². The number of amides is 1. The number of ketones is 1. The topological polar surface area (TPSA) is 97.8 Å². The normalized spacial score (nSPS) is 24.3. The van der Waals surface area contributed by atoms with Crippen LogP contribution in [0.2, 0.25) is 0 Å². The maximum atomic E-state index is 12.4. The number of hydrogen-bond donors (Lipinski definition) is 0. The number of ether oxygens (including phenoxy) is 1. The van der Waals surface area contributed by atoms with Gasteiger partial charge in [-0.15, -0.1) is 0 Å². The SMILES string of the molecule is CC(OC(=O)Cc1cccc(C(=O)C(C)(C)C)c1)[C@H]1C(=O)N2CCS(=O)(=O)[C@@H]12. The number of benzene rings is 1. The highest BCUT2D eigenvalue weighted by molar-refractivity contribution is 7.92. The second kappa shape index (κ2) is 6.99. The van der Waals surface area contributed by atoms with E-state index >= 15 is 0 Å². The molecule has 0 aromatic heterocycles. The smallest absolute Gasteiger partial charge is 0.310 e. The van der Waals surface area contributed by atoms with Crippen molar-refractivity contribution in [2.45, 2.75) is 45.6 Å². The molecule has 0 spiro atoms. The molecule has 8 heteroatoms. The summed E-state index contributed by atoms with van der Waals surface area (Å²) in [5, 5.41) is -0.879. The molecule has 0 bridgehead atoms. The van der Waals surface area contributed by atoms with Crippen molar-refractivity contribution in [1.29, 1.82) is 0 Å². The van der Waals surface area contributed by atoms with E-state index in [4.69, 9.17) is 4.74 Å². The molecule has 2 saturated heterocycles. The molecule has 28 heavy (non-hydrogen) atoms. The van der Waals surface area contributed by atoms with Gasteiger partial charge in [-0.1, -0.05) is 39.0 Å². The molecule has 7 nitrogen and oxygen atoms in total. The van der Waals surface area contributed by atoms with Gasteiger partial charge in [-0.25, -0.2) is 8.42 Å². The lowest BCUT2D eigenvalue weighted by atomic mass is 9.86. The number of rotatable bonds is 5. The van der Waals surface area contributed by atoms with E-state index in [9.17, 15) is 22.8 Å². The van der Waals surface area contributed by atoms with Crippen LogP contribution in [0.1, 0.15) is 43.6 Å². The molecule has 3 rings (SSSR count). The van der Waals surface area contributed by atoms with Crippen LogP contribution >= 0.6 is 0 Å². The number of β-lactam (4-membered cyclic amide) rings is 1. The molecule has 0 saturated carbocycles. The Morgan fingerprint density at radius 2 is 1.96 bits per heavy atom. The first-order valence-electron chi connectivity index (χ1n) is 9.27. The highest BCUT2D eigenvalue weighted by Gasteiger charge is 2.60. The van der Waals surface area contributed by atoms with Gasteiger partial charge in [0.15, 0.2) is 15.6 Å². The average molecular weight is 407 g/mol. The van der Waals surface area contributed by atoms with Gasteiger partial charge in [0.05, 0.1) is 12.2 Å². The van der Waals surface area contributed by atoms with Crippen molar-refractivity contribution in [3.8, 4) is 0 Å². The summed E-state index contributed by atoms with van der Waals surface area (Å²) in [5.74, 6) is -1.76. The van der Waals surface area contributed by atoms with E-state index in [1.807, 2.05) is 20.8 Å². The second-order valence-electron chi connectivity index (χ2n) is 8.47. The van der Waals surface area contributed by atoms with Crippen LogP contribution in [-0.2, 0) is 30.6 Å². The van der Waals surface area contributed by atoms with Gasteiger partial charge in [-0.3, -0.25) is 14.4 Å². The molecule has 1 aromatic carbocycles. The van der Waals surface area contributed by atoms with E-state index in [0.717, 1.165) is 0 Å². The van der Waals surface area contributed by atoms with Crippen LogP contribution in [0.15, 0.2) is 24.3 Å². The van der Waals surface area contributed by atoms with Crippen molar-refractivity contribution < 1.29 is 27.5 Å². The number of nitrogens with zero attached hydrogens (tertiary/aromatic N) is 1. The van der Waals surface area contributed by atoms with Gasteiger partial charge in [-0.05, 0) is 18.6 Å². The lowest BCUT2D eigenvalue weighted by molar-refractivity contribution is -0.165. The van der Waals surface area contributed by atoms with Crippen LogP contribution in [0, 0.1) is 11.3 Å². The Morgan fingerprint density at radius 3 is 2.61 bits per heavy atom. The Kier molecular flexibility index (Phi) is 5.12. The summed E-state index contributed by atoms with van der Waals surface area (Å²) >= 11 is 0. The summed E-state index contributed by atoms with van der Waals surface area (Å²) in [7, 11) is -3.36. The zero-order valence-electron chi connectivity index (χ0n) is 16.5.